The largest absolute Gasteiger partial charge is 0.496 e. The molecule has 13 nitrogen and oxygen atoms in total. The van der Waals surface area contributed by atoms with Crippen LogP contribution < -0.4 is 15.4 Å². The summed E-state index contributed by atoms with van der Waals surface area (Å²) < 4.78 is 5.90. The van der Waals surface area contributed by atoms with Gasteiger partial charge in [-0.1, -0.05) is 52.8 Å². The molecule has 294 valence electrons. The molecular weight excluding hydrogens is 678 g/mol. The Hall–Kier alpha value is -3.62. The molecule has 0 spiro atoms. The summed E-state index contributed by atoms with van der Waals surface area (Å²) in [4.78, 5) is 46.6. The first-order chi connectivity index (χ1) is 24.9. The van der Waals surface area contributed by atoms with Crippen LogP contribution in [0.3, 0.4) is 0 Å². The second-order valence-electron chi connectivity index (χ2n) is 16.5. The maximum atomic E-state index is 14.2. The van der Waals surface area contributed by atoms with Gasteiger partial charge in [-0.2, -0.15) is 5.06 Å². The molecule has 2 amide bonds. The highest BCUT2D eigenvalue weighted by atomic mass is 16.7. The third kappa shape index (κ3) is 9.74. The van der Waals surface area contributed by atoms with Gasteiger partial charge in [-0.15, -0.1) is 0 Å². The first-order valence-corrected chi connectivity index (χ1v) is 18.8. The molecule has 4 aliphatic rings. The quantitative estimate of drug-likeness (QED) is 0.0788. The lowest BCUT2D eigenvalue weighted by Gasteiger charge is -2.62. The SMILES string of the molecule is C=C(/C=C(\C=C\C(=O)N[C@@H](CC(C)C)CN(C)C)c1cccc(CN2O[C@@H](CO)[C@@H]([C@H](C)O)[C@H]2C(=O)N[C@H]2C[C@H]3C[C@@H]([C@@H]2C)C3(C)C)c1OC)[N+](=O)[O-]. The Labute approximate surface area is 314 Å². The monoisotopic (exact) mass is 739 g/mol. The van der Waals surface area contributed by atoms with Crippen LogP contribution in [0.2, 0.25) is 0 Å². The lowest BCUT2D eigenvalue weighted by atomic mass is 9.45. The third-order valence-corrected chi connectivity index (χ3v) is 11.7. The Balaban J connectivity index is 1.65. The van der Waals surface area contributed by atoms with Gasteiger partial charge >= 0.3 is 0 Å². The number of allylic oxidation sites excluding steroid dienone is 3. The Morgan fingerprint density at radius 1 is 1.23 bits per heavy atom. The minimum absolute atomic E-state index is 0.0169. The van der Waals surface area contributed by atoms with Gasteiger partial charge < -0.3 is 30.5 Å². The van der Waals surface area contributed by atoms with Crippen LogP contribution >= 0.6 is 0 Å². The van der Waals surface area contributed by atoms with Crippen LogP contribution in [0.5, 0.6) is 5.75 Å². The van der Waals surface area contributed by atoms with Crippen molar-refractivity contribution in [1.82, 2.24) is 20.6 Å². The molecule has 3 saturated carbocycles. The molecule has 13 heteroatoms. The van der Waals surface area contributed by atoms with Crippen LogP contribution in [0.1, 0.15) is 71.9 Å². The van der Waals surface area contributed by atoms with Crippen LogP contribution in [0.15, 0.2) is 48.7 Å². The fraction of sp³-hybridized carbons (Fsp3) is 0.650. The van der Waals surface area contributed by atoms with Gasteiger partial charge in [-0.05, 0) is 87.6 Å². The minimum Gasteiger partial charge on any atom is -0.496 e. The van der Waals surface area contributed by atoms with Crippen LogP contribution in [0, 0.1) is 45.1 Å². The average Bonchev–Trinajstić information content (AvgIpc) is 3.45. The fourth-order valence-electron chi connectivity index (χ4n) is 8.88. The van der Waals surface area contributed by atoms with Gasteiger partial charge in [0.25, 0.3) is 5.70 Å². The highest BCUT2D eigenvalue weighted by Gasteiger charge is 2.57. The van der Waals surface area contributed by atoms with Gasteiger partial charge in [0.2, 0.25) is 11.8 Å². The van der Waals surface area contributed by atoms with Gasteiger partial charge in [0.15, 0.2) is 0 Å². The van der Waals surface area contributed by atoms with E-state index in [1.165, 1.54) is 36.8 Å². The van der Waals surface area contributed by atoms with E-state index in [-0.39, 0.29) is 47.5 Å². The molecule has 4 fully saturated rings. The molecule has 1 aliphatic heterocycles. The third-order valence-electron chi connectivity index (χ3n) is 11.7. The number of carbonyl (C=O) groups excluding carboxylic acids is 2. The normalized spacial score (nSPS) is 28.1. The predicted molar refractivity (Wildman–Crippen MR) is 204 cm³/mol. The Bertz CT molecular complexity index is 1540. The zero-order chi connectivity index (χ0) is 39.4. The van der Waals surface area contributed by atoms with E-state index in [2.05, 4.69) is 51.8 Å². The van der Waals surface area contributed by atoms with Gasteiger partial charge in [-0.3, -0.25) is 24.5 Å². The maximum absolute atomic E-state index is 14.2. The molecule has 1 aromatic carbocycles. The first kappa shape index (κ1) is 42.1. The number of para-hydroxylation sites is 1. The van der Waals surface area contributed by atoms with Crippen LogP contribution in [0.25, 0.3) is 5.57 Å². The van der Waals surface area contributed by atoms with Crippen LogP contribution in [0.4, 0.5) is 0 Å². The lowest BCUT2D eigenvalue weighted by Crippen LogP contribution is -2.62. The van der Waals surface area contributed by atoms with E-state index >= 15 is 0 Å². The molecule has 4 N–H and O–H groups in total. The number of ether oxygens (including phenoxy) is 1. The lowest BCUT2D eigenvalue weighted by molar-refractivity contribution is -0.418. The smallest absolute Gasteiger partial charge is 0.262 e. The number of nitrogens with zero attached hydrogens (tertiary/aromatic N) is 3. The van der Waals surface area contributed by atoms with E-state index in [4.69, 9.17) is 9.57 Å². The van der Waals surface area contributed by atoms with E-state index in [1.54, 1.807) is 25.1 Å². The van der Waals surface area contributed by atoms with E-state index in [0.717, 1.165) is 12.8 Å². The molecule has 0 radical (unpaired) electrons. The second-order valence-corrected chi connectivity index (χ2v) is 16.5. The summed E-state index contributed by atoms with van der Waals surface area (Å²) in [6.07, 6.45) is 5.15. The van der Waals surface area contributed by atoms with Crippen molar-refractivity contribution in [2.24, 2.45) is 35.0 Å². The van der Waals surface area contributed by atoms with Gasteiger partial charge in [0, 0.05) is 47.8 Å². The van der Waals surface area contributed by atoms with Crippen molar-refractivity contribution in [2.75, 3.05) is 34.4 Å². The molecule has 3 aliphatic carbocycles. The topological polar surface area (TPSA) is 167 Å². The molecular formula is C40H61N5O8. The second kappa shape index (κ2) is 17.7. The van der Waals surface area contributed by atoms with Crippen molar-refractivity contribution >= 4 is 17.4 Å². The first-order valence-electron chi connectivity index (χ1n) is 18.8. The Morgan fingerprint density at radius 2 is 1.92 bits per heavy atom. The van der Waals surface area contributed by atoms with Gasteiger partial charge in [0.1, 0.15) is 17.9 Å². The number of nitrogens with one attached hydrogen (secondary N) is 2. The number of benzene rings is 1. The van der Waals surface area contributed by atoms with E-state index in [0.29, 0.717) is 46.7 Å². The zero-order valence-electron chi connectivity index (χ0n) is 32.9. The number of likely N-dealkylation sites (N-methyl/N-ethyl adjacent to an activating group) is 1. The van der Waals surface area contributed by atoms with Gasteiger partial charge in [0.05, 0.1) is 31.3 Å². The van der Waals surface area contributed by atoms with E-state index in [9.17, 15) is 29.9 Å². The number of hydrogen-bond acceptors (Lipinski definition) is 10. The standard InChI is InChI=1S/C40H61N5O8/c1-23(2)16-30(21-43(8)9)41-35(48)15-14-27(17-24(3)45(50)51)31-13-11-12-28(38(31)52-10)20-44-37(36(26(5)47)34(22-46)53-44)39(49)42-33-19-29-18-32(25(33)4)40(29,6)7/h11-15,17,23,25-26,29-30,32-34,36-37,46-47H,3,16,18-22H2,1-2,4-10H3,(H,41,48)(H,42,49)/b15-14+,27-17+/t25-,26-,29+,30-,32-,33-,34-,36+,37-/m0/s1. The van der Waals surface area contributed by atoms with Crippen molar-refractivity contribution in [3.05, 3.63) is 69.9 Å². The van der Waals surface area contributed by atoms with Crippen molar-refractivity contribution in [2.45, 2.75) is 97.7 Å². The number of fused-ring (bicyclic) bond motifs is 2. The summed E-state index contributed by atoms with van der Waals surface area (Å²) in [5.74, 6) is 0.690. The van der Waals surface area contributed by atoms with Crippen LogP contribution in [-0.2, 0) is 21.0 Å². The number of carbonyl (C=O) groups is 2. The molecule has 2 bridgehead atoms. The molecule has 0 unspecified atom stereocenters. The molecule has 1 aromatic rings. The number of hydroxylamine groups is 2. The highest BCUT2D eigenvalue weighted by molar-refractivity contribution is 5.92. The van der Waals surface area contributed by atoms with Crippen molar-refractivity contribution < 1.29 is 34.3 Å². The summed E-state index contributed by atoms with van der Waals surface area (Å²) in [5, 5.41) is 40.7. The van der Waals surface area contributed by atoms with E-state index in [1.807, 2.05) is 19.0 Å². The van der Waals surface area contributed by atoms with Crippen molar-refractivity contribution in [3.8, 4) is 5.75 Å². The molecule has 9 atom stereocenters. The van der Waals surface area contributed by atoms with Crippen molar-refractivity contribution in [3.63, 3.8) is 0 Å². The number of aliphatic hydroxyl groups excluding tert-OH is 2. The summed E-state index contributed by atoms with van der Waals surface area (Å²) >= 11 is 0. The molecule has 53 heavy (non-hydrogen) atoms. The summed E-state index contributed by atoms with van der Waals surface area (Å²) in [6, 6.07) is 4.22. The number of methoxy groups -OCH3 is 1. The highest BCUT2D eigenvalue weighted by Crippen LogP contribution is 2.61. The number of amides is 2. The average molecular weight is 740 g/mol. The number of aliphatic hydroxyl groups is 2. The molecule has 1 saturated heterocycles. The maximum Gasteiger partial charge on any atom is 0.262 e. The Kier molecular flexibility index (Phi) is 14.1. The fourth-order valence-corrected chi connectivity index (χ4v) is 8.88. The molecule has 1 heterocycles. The zero-order valence-corrected chi connectivity index (χ0v) is 32.9. The number of rotatable bonds is 17. The van der Waals surface area contributed by atoms with E-state index < -0.39 is 35.7 Å². The Morgan fingerprint density at radius 3 is 2.47 bits per heavy atom. The van der Waals surface area contributed by atoms with Gasteiger partial charge in [-0.25, -0.2) is 0 Å². The summed E-state index contributed by atoms with van der Waals surface area (Å²) in [7, 11) is 5.35. The van der Waals surface area contributed by atoms with Crippen molar-refractivity contribution in [1.29, 1.82) is 0 Å². The minimum atomic E-state index is -0.964. The molecule has 0 aromatic heterocycles. The predicted octanol–water partition coefficient (Wildman–Crippen LogP) is 4.18. The number of nitro groups is 1. The van der Waals surface area contributed by atoms with Crippen LogP contribution in [-0.4, -0.2) is 102 Å². The number of hydrogen-bond donors (Lipinski definition) is 4. The summed E-state index contributed by atoms with van der Waals surface area (Å²) in [5.41, 5.74) is 1.21. The molecule has 5 rings (SSSR count). The summed E-state index contributed by atoms with van der Waals surface area (Å²) in [6.45, 7) is 16.4.